The number of methoxy groups -OCH3 is 1. The molecular formula is C39H47N7O7S. The highest BCUT2D eigenvalue weighted by molar-refractivity contribution is 7.08. The molecular weight excluding hydrogens is 711 g/mol. The molecule has 1 aliphatic heterocycles. The molecule has 3 heterocycles. The summed E-state index contributed by atoms with van der Waals surface area (Å²) in [7, 11) is 1.51. The van der Waals surface area contributed by atoms with Crippen LogP contribution in [0.3, 0.4) is 0 Å². The van der Waals surface area contributed by atoms with Crippen LogP contribution in [-0.2, 0) is 32.0 Å². The molecule has 14 nitrogen and oxygen atoms in total. The normalized spacial score (nSPS) is 19.5. The third kappa shape index (κ3) is 11.2. The van der Waals surface area contributed by atoms with E-state index in [-0.39, 0.29) is 49.4 Å². The van der Waals surface area contributed by atoms with E-state index in [0.29, 0.717) is 43.0 Å². The summed E-state index contributed by atoms with van der Waals surface area (Å²) in [5.74, 6) is -1.82. The second-order valence-corrected chi connectivity index (χ2v) is 14.1. The highest BCUT2D eigenvalue weighted by Gasteiger charge is 2.31. The number of carbonyl (C=O) groups is 5. The molecule has 0 fully saturated rings. The highest BCUT2D eigenvalue weighted by atomic mass is 32.1. The van der Waals surface area contributed by atoms with Crippen molar-refractivity contribution in [2.75, 3.05) is 26.8 Å². The standard InChI is InChI=1S/C39H47N7O7S/c1-24(2)35-39(51)41-17-7-11-26-13-14-32(52-3)33(20-26)53-22-34(47)40-16-8-12-28(42-38(50)31-21-29(45-46-31)27-15-18-54-23-27)36(48)43-30(37(49)44-35)19-25-9-5-4-6-10-25/h4-6,9-10,13-15,18,20-21,23-24,28,30,35H,7-8,11-12,16-17,19,22H2,1-3H3,(H,40,47)(H,41,51)(H,42,50)(H,43,48)(H,44,49)(H,45,46)/t28-,30-,35+/m0/s1. The Morgan fingerprint density at radius 2 is 1.76 bits per heavy atom. The van der Waals surface area contributed by atoms with E-state index in [2.05, 4.69) is 36.8 Å². The van der Waals surface area contributed by atoms with Crippen LogP contribution in [0.4, 0.5) is 0 Å². The molecule has 4 aromatic rings. The lowest BCUT2D eigenvalue weighted by molar-refractivity contribution is -0.133. The van der Waals surface area contributed by atoms with E-state index in [4.69, 9.17) is 9.47 Å². The van der Waals surface area contributed by atoms with Crippen LogP contribution in [-0.4, -0.2) is 84.7 Å². The van der Waals surface area contributed by atoms with Gasteiger partial charge in [-0.3, -0.25) is 29.1 Å². The number of rotatable bonds is 7. The zero-order chi connectivity index (χ0) is 38.5. The summed E-state index contributed by atoms with van der Waals surface area (Å²) in [6, 6.07) is 15.1. The number of ether oxygens (including phenoxy) is 2. The number of aromatic amines is 1. The van der Waals surface area contributed by atoms with Crippen LogP contribution in [0.1, 0.15) is 54.7 Å². The van der Waals surface area contributed by atoms with Crippen LogP contribution in [0.25, 0.3) is 11.3 Å². The lowest BCUT2D eigenvalue weighted by Gasteiger charge is -2.27. The van der Waals surface area contributed by atoms with Gasteiger partial charge in [0.15, 0.2) is 18.1 Å². The summed E-state index contributed by atoms with van der Waals surface area (Å²) in [5.41, 5.74) is 3.29. The van der Waals surface area contributed by atoms with Crippen LogP contribution in [0.15, 0.2) is 71.4 Å². The van der Waals surface area contributed by atoms with Gasteiger partial charge in [0.1, 0.15) is 23.8 Å². The van der Waals surface area contributed by atoms with Crippen molar-refractivity contribution >= 4 is 40.9 Å². The van der Waals surface area contributed by atoms with Gasteiger partial charge in [-0.2, -0.15) is 16.4 Å². The summed E-state index contributed by atoms with van der Waals surface area (Å²) in [6.45, 7) is 3.93. The molecule has 286 valence electrons. The zero-order valence-corrected chi connectivity index (χ0v) is 31.4. The number of aromatic nitrogens is 2. The molecule has 0 radical (unpaired) electrons. The number of carbonyl (C=O) groups excluding carboxylic acids is 5. The van der Waals surface area contributed by atoms with Crippen LogP contribution >= 0.6 is 11.3 Å². The Morgan fingerprint density at radius 3 is 2.50 bits per heavy atom. The number of benzene rings is 2. The lowest BCUT2D eigenvalue weighted by atomic mass is 10.00. The number of aryl methyl sites for hydroxylation is 1. The Labute approximate surface area is 318 Å². The monoisotopic (exact) mass is 757 g/mol. The molecule has 0 spiro atoms. The van der Waals surface area contributed by atoms with Crippen molar-refractivity contribution in [3.05, 3.63) is 88.2 Å². The fourth-order valence-corrected chi connectivity index (χ4v) is 6.60. The molecule has 1 aliphatic rings. The highest BCUT2D eigenvalue weighted by Crippen LogP contribution is 2.28. The van der Waals surface area contributed by atoms with Gasteiger partial charge in [0.25, 0.3) is 11.8 Å². The largest absolute Gasteiger partial charge is 0.493 e. The average Bonchev–Trinajstić information content (AvgIpc) is 3.89. The van der Waals surface area contributed by atoms with E-state index in [1.54, 1.807) is 18.2 Å². The SMILES string of the molecule is COc1ccc2cc1OCC(=O)NCCC[C@H](NC(=O)c1cc(-c3ccsc3)n[nH]1)C(=O)N[C@@H](Cc1ccccc1)C(=O)N[C@H](C(C)C)C(=O)NCCC2. The molecule has 3 atom stereocenters. The van der Waals surface area contributed by atoms with Crippen molar-refractivity contribution in [3.63, 3.8) is 0 Å². The number of amides is 5. The van der Waals surface area contributed by atoms with Crippen LogP contribution in [0.5, 0.6) is 11.5 Å². The molecule has 2 aromatic carbocycles. The van der Waals surface area contributed by atoms with Gasteiger partial charge >= 0.3 is 0 Å². The molecule has 6 N–H and O–H groups in total. The smallest absolute Gasteiger partial charge is 0.269 e. The summed E-state index contributed by atoms with van der Waals surface area (Å²) < 4.78 is 11.2. The number of nitrogens with one attached hydrogen (secondary N) is 6. The van der Waals surface area contributed by atoms with Crippen molar-refractivity contribution in [1.82, 2.24) is 36.8 Å². The first-order valence-corrected chi connectivity index (χ1v) is 18.9. The predicted molar refractivity (Wildman–Crippen MR) is 204 cm³/mol. The van der Waals surface area contributed by atoms with Gasteiger partial charge in [0.05, 0.1) is 12.8 Å². The topological polar surface area (TPSA) is 193 Å². The Morgan fingerprint density at radius 1 is 0.963 bits per heavy atom. The molecule has 5 rings (SSSR count). The first-order chi connectivity index (χ1) is 26.1. The van der Waals surface area contributed by atoms with E-state index in [9.17, 15) is 24.0 Å². The maximum atomic E-state index is 14.0. The van der Waals surface area contributed by atoms with E-state index in [1.165, 1.54) is 18.4 Å². The zero-order valence-electron chi connectivity index (χ0n) is 30.6. The number of H-pyrrole nitrogens is 1. The summed E-state index contributed by atoms with van der Waals surface area (Å²) in [6.07, 6.45) is 1.78. The van der Waals surface area contributed by atoms with E-state index < -0.39 is 35.8 Å². The van der Waals surface area contributed by atoms with E-state index in [1.807, 2.05) is 67.1 Å². The van der Waals surface area contributed by atoms with Crippen molar-refractivity contribution in [3.8, 4) is 22.8 Å². The van der Waals surface area contributed by atoms with Crippen LogP contribution < -0.4 is 36.1 Å². The minimum atomic E-state index is -1.10. The van der Waals surface area contributed by atoms with Crippen LogP contribution in [0, 0.1) is 5.92 Å². The number of hydrogen-bond acceptors (Lipinski definition) is 9. The van der Waals surface area contributed by atoms with Gasteiger partial charge in [-0.25, -0.2) is 0 Å². The van der Waals surface area contributed by atoms with Gasteiger partial charge in [0, 0.05) is 30.5 Å². The fourth-order valence-electron chi connectivity index (χ4n) is 5.95. The predicted octanol–water partition coefficient (Wildman–Crippen LogP) is 3.15. The van der Waals surface area contributed by atoms with Gasteiger partial charge in [-0.15, -0.1) is 0 Å². The van der Waals surface area contributed by atoms with Crippen molar-refractivity contribution < 1.29 is 33.4 Å². The lowest BCUT2D eigenvalue weighted by Crippen LogP contribution is -2.58. The molecule has 0 saturated carbocycles. The van der Waals surface area contributed by atoms with Gasteiger partial charge in [-0.1, -0.05) is 50.2 Å². The minimum absolute atomic E-state index is 0.122. The molecule has 0 aliphatic carbocycles. The van der Waals surface area contributed by atoms with Gasteiger partial charge < -0.3 is 36.1 Å². The van der Waals surface area contributed by atoms with Crippen molar-refractivity contribution in [2.24, 2.45) is 5.92 Å². The first kappa shape index (κ1) is 39.5. The first-order valence-electron chi connectivity index (χ1n) is 18.0. The third-order valence-electron chi connectivity index (χ3n) is 8.94. The van der Waals surface area contributed by atoms with E-state index in [0.717, 1.165) is 16.7 Å². The third-order valence-corrected chi connectivity index (χ3v) is 9.63. The van der Waals surface area contributed by atoms with Crippen molar-refractivity contribution in [1.29, 1.82) is 0 Å². The molecule has 0 unspecified atom stereocenters. The Balaban J connectivity index is 1.39. The number of fused-ring (bicyclic) bond motifs is 2. The number of thiophene rings is 1. The fraction of sp³-hybridized carbons (Fsp3) is 0.385. The summed E-state index contributed by atoms with van der Waals surface area (Å²) >= 11 is 1.50. The number of nitrogens with zero attached hydrogens (tertiary/aromatic N) is 1. The molecule has 2 aromatic heterocycles. The maximum absolute atomic E-state index is 14.0. The Bertz CT molecular complexity index is 1880. The molecule has 0 saturated heterocycles. The Hall–Kier alpha value is -5.70. The van der Waals surface area contributed by atoms with Gasteiger partial charge in [-0.05, 0) is 72.4 Å². The quantitative estimate of drug-likeness (QED) is 0.166. The summed E-state index contributed by atoms with van der Waals surface area (Å²) in [5, 5.41) is 25.0. The molecule has 2 bridgehead atoms. The molecule has 15 heteroatoms. The second-order valence-electron chi connectivity index (χ2n) is 13.3. The minimum Gasteiger partial charge on any atom is -0.493 e. The second kappa shape index (κ2) is 19.4. The molecule has 54 heavy (non-hydrogen) atoms. The molecule has 5 amide bonds. The summed E-state index contributed by atoms with van der Waals surface area (Å²) in [4.78, 5) is 67.6. The Kier molecular flexibility index (Phi) is 14.2. The van der Waals surface area contributed by atoms with Crippen LogP contribution in [0.2, 0.25) is 0 Å². The van der Waals surface area contributed by atoms with Gasteiger partial charge in [0.2, 0.25) is 17.7 Å². The number of hydrogen-bond donors (Lipinski definition) is 6. The maximum Gasteiger partial charge on any atom is 0.269 e. The average molecular weight is 758 g/mol. The van der Waals surface area contributed by atoms with Crippen molar-refractivity contribution in [2.45, 2.75) is 64.1 Å². The van der Waals surface area contributed by atoms with E-state index >= 15 is 0 Å².